The fraction of sp³-hybridized carbons (Fsp3) is 0.344. The summed E-state index contributed by atoms with van der Waals surface area (Å²) in [6.07, 6.45) is 1.88. The number of carbonyl (C=O) groups is 2. The minimum atomic E-state index is -0.843. The van der Waals surface area contributed by atoms with Crippen LogP contribution in [0.15, 0.2) is 60.7 Å². The lowest BCUT2D eigenvalue weighted by Crippen LogP contribution is -2.30. The van der Waals surface area contributed by atoms with Crippen LogP contribution in [0.2, 0.25) is 0 Å². The molecular weight excluding hydrogens is 476 g/mol. The highest BCUT2D eigenvalue weighted by Gasteiger charge is 2.19. The van der Waals surface area contributed by atoms with Crippen LogP contribution in [0.3, 0.4) is 0 Å². The summed E-state index contributed by atoms with van der Waals surface area (Å²) in [5.74, 6) is -0.0674. The lowest BCUT2D eigenvalue weighted by atomic mass is 9.94. The van der Waals surface area contributed by atoms with E-state index < -0.39 is 5.97 Å². The molecule has 3 aromatic carbocycles. The zero-order chi connectivity index (χ0) is 27.7. The third-order valence-electron chi connectivity index (χ3n) is 6.20. The first-order valence-corrected chi connectivity index (χ1v) is 13.0. The third-order valence-corrected chi connectivity index (χ3v) is 6.20. The van der Waals surface area contributed by atoms with E-state index in [1.54, 1.807) is 24.3 Å². The number of hydrogen-bond acceptors (Lipinski definition) is 4. The number of rotatable bonds is 12. The lowest BCUT2D eigenvalue weighted by Gasteiger charge is -2.23. The molecule has 0 aromatic heterocycles. The van der Waals surface area contributed by atoms with Crippen LogP contribution in [-0.2, 0) is 17.8 Å². The summed E-state index contributed by atoms with van der Waals surface area (Å²) in [7, 11) is 0. The summed E-state index contributed by atoms with van der Waals surface area (Å²) in [6, 6.07) is 20.9. The highest BCUT2D eigenvalue weighted by atomic mass is 16.5. The SMILES string of the molecule is Cc1cc(C)cc(C(CC(C)C)NC(=O)c2cc(CCCC(=O)O)cc(COc3cccc(C#N)c3)c2)c1. The van der Waals surface area contributed by atoms with Gasteiger partial charge in [-0.05, 0) is 86.1 Å². The molecule has 0 spiro atoms. The van der Waals surface area contributed by atoms with Crippen LogP contribution in [-0.4, -0.2) is 17.0 Å². The molecule has 3 rings (SSSR count). The average molecular weight is 513 g/mol. The van der Waals surface area contributed by atoms with Crippen molar-refractivity contribution in [3.8, 4) is 11.8 Å². The molecule has 1 atom stereocenters. The quantitative estimate of drug-likeness (QED) is 0.282. The van der Waals surface area contributed by atoms with Gasteiger partial charge in [0, 0.05) is 12.0 Å². The molecule has 2 N–H and O–H groups in total. The van der Waals surface area contributed by atoms with Gasteiger partial charge in [0.2, 0.25) is 0 Å². The van der Waals surface area contributed by atoms with Gasteiger partial charge in [-0.25, -0.2) is 0 Å². The second kappa shape index (κ2) is 13.4. The number of aryl methyl sites for hydroxylation is 3. The van der Waals surface area contributed by atoms with Gasteiger partial charge < -0.3 is 15.2 Å². The number of nitriles is 1. The van der Waals surface area contributed by atoms with Crippen LogP contribution in [0.4, 0.5) is 0 Å². The maximum atomic E-state index is 13.5. The molecule has 0 saturated heterocycles. The predicted molar refractivity (Wildman–Crippen MR) is 148 cm³/mol. The van der Waals surface area contributed by atoms with Crippen molar-refractivity contribution in [1.29, 1.82) is 5.26 Å². The smallest absolute Gasteiger partial charge is 0.303 e. The van der Waals surface area contributed by atoms with Crippen molar-refractivity contribution in [3.63, 3.8) is 0 Å². The second-order valence-corrected chi connectivity index (χ2v) is 10.3. The Hall–Kier alpha value is -4.11. The van der Waals surface area contributed by atoms with Gasteiger partial charge in [0.1, 0.15) is 12.4 Å². The Labute approximate surface area is 225 Å². The molecule has 0 fully saturated rings. The number of aliphatic carboxylic acids is 1. The molecule has 1 amide bonds. The molecule has 0 bridgehead atoms. The first-order chi connectivity index (χ1) is 18.1. The largest absolute Gasteiger partial charge is 0.489 e. The Balaban J connectivity index is 1.87. The van der Waals surface area contributed by atoms with Gasteiger partial charge in [0.15, 0.2) is 0 Å². The van der Waals surface area contributed by atoms with Crippen molar-refractivity contribution in [3.05, 3.63) is 99.6 Å². The Morgan fingerprint density at radius 2 is 1.71 bits per heavy atom. The number of carbonyl (C=O) groups excluding carboxylic acids is 1. The highest BCUT2D eigenvalue weighted by molar-refractivity contribution is 5.95. The van der Waals surface area contributed by atoms with Gasteiger partial charge >= 0.3 is 5.97 Å². The second-order valence-electron chi connectivity index (χ2n) is 10.3. The minimum absolute atomic E-state index is 0.0619. The Morgan fingerprint density at radius 1 is 1.00 bits per heavy atom. The molecule has 0 aliphatic carbocycles. The summed E-state index contributed by atoms with van der Waals surface area (Å²) >= 11 is 0. The van der Waals surface area contributed by atoms with Crippen LogP contribution in [0.25, 0.3) is 0 Å². The first-order valence-electron chi connectivity index (χ1n) is 13.0. The summed E-state index contributed by atoms with van der Waals surface area (Å²) in [5.41, 5.74) is 6.11. The predicted octanol–water partition coefficient (Wildman–Crippen LogP) is 6.68. The van der Waals surface area contributed by atoms with Crippen LogP contribution in [0.1, 0.15) is 82.9 Å². The Kier molecular flexibility index (Phi) is 10.1. The van der Waals surface area contributed by atoms with E-state index >= 15 is 0 Å². The average Bonchev–Trinajstić information content (AvgIpc) is 2.86. The van der Waals surface area contributed by atoms with E-state index in [2.05, 4.69) is 57.3 Å². The number of ether oxygens (including phenoxy) is 1. The molecule has 0 saturated carbocycles. The van der Waals surface area contributed by atoms with Gasteiger partial charge in [-0.15, -0.1) is 0 Å². The molecule has 0 aliphatic heterocycles. The van der Waals surface area contributed by atoms with E-state index in [4.69, 9.17) is 15.1 Å². The first kappa shape index (κ1) is 28.5. The topological polar surface area (TPSA) is 99.4 Å². The maximum absolute atomic E-state index is 13.5. The van der Waals surface area contributed by atoms with Gasteiger partial charge in [-0.3, -0.25) is 9.59 Å². The summed E-state index contributed by atoms with van der Waals surface area (Å²) in [6.45, 7) is 8.62. The van der Waals surface area contributed by atoms with Gasteiger partial charge in [-0.2, -0.15) is 5.26 Å². The normalized spacial score (nSPS) is 11.6. The van der Waals surface area contributed by atoms with Crippen molar-refractivity contribution in [2.24, 2.45) is 5.92 Å². The van der Waals surface area contributed by atoms with E-state index in [0.29, 0.717) is 35.6 Å². The summed E-state index contributed by atoms with van der Waals surface area (Å²) < 4.78 is 5.92. The number of amides is 1. The number of nitrogens with zero attached hydrogens (tertiary/aromatic N) is 1. The van der Waals surface area contributed by atoms with Crippen molar-refractivity contribution in [1.82, 2.24) is 5.32 Å². The van der Waals surface area contributed by atoms with E-state index in [-0.39, 0.29) is 25.0 Å². The molecule has 6 heteroatoms. The maximum Gasteiger partial charge on any atom is 0.303 e. The van der Waals surface area contributed by atoms with Crippen LogP contribution >= 0.6 is 0 Å². The molecule has 38 heavy (non-hydrogen) atoms. The zero-order valence-corrected chi connectivity index (χ0v) is 22.6. The number of benzene rings is 3. The van der Waals surface area contributed by atoms with Gasteiger partial charge in [-0.1, -0.05) is 55.3 Å². The van der Waals surface area contributed by atoms with E-state index in [1.165, 1.54) is 0 Å². The van der Waals surface area contributed by atoms with Gasteiger partial charge in [0.25, 0.3) is 5.91 Å². The number of carboxylic acid groups (broad SMARTS) is 1. The monoisotopic (exact) mass is 512 g/mol. The summed E-state index contributed by atoms with van der Waals surface area (Å²) in [5, 5.41) is 21.4. The number of carboxylic acids is 1. The Morgan fingerprint density at radius 3 is 2.37 bits per heavy atom. The van der Waals surface area contributed by atoms with Crippen LogP contribution in [0.5, 0.6) is 5.75 Å². The van der Waals surface area contributed by atoms with Crippen LogP contribution < -0.4 is 10.1 Å². The van der Waals surface area contributed by atoms with E-state index in [1.807, 2.05) is 18.2 Å². The number of nitrogens with one attached hydrogen (secondary N) is 1. The molecule has 3 aromatic rings. The highest BCUT2D eigenvalue weighted by Crippen LogP contribution is 2.25. The fourth-order valence-corrected chi connectivity index (χ4v) is 4.59. The number of hydrogen-bond donors (Lipinski definition) is 2. The molecule has 6 nitrogen and oxygen atoms in total. The van der Waals surface area contributed by atoms with Gasteiger partial charge in [0.05, 0.1) is 17.7 Å². The molecule has 0 heterocycles. The Bertz CT molecular complexity index is 1300. The molecule has 1 unspecified atom stereocenters. The van der Waals surface area contributed by atoms with Crippen molar-refractivity contribution in [2.45, 2.75) is 66.0 Å². The van der Waals surface area contributed by atoms with Crippen LogP contribution in [0, 0.1) is 31.1 Å². The molecule has 0 aliphatic rings. The minimum Gasteiger partial charge on any atom is -0.489 e. The molecule has 198 valence electrons. The van der Waals surface area contributed by atoms with Crippen molar-refractivity contribution < 1.29 is 19.4 Å². The standard InChI is InChI=1S/C32H36N2O4/c1-21(2)11-30(27-13-22(3)12-23(4)14-27)34-32(37)28-16-24(7-6-10-31(35)36)15-26(17-28)20-38-29-9-5-8-25(18-29)19-33/h5,8-9,12-18,21,30H,6-7,10-11,20H2,1-4H3,(H,34,37)(H,35,36). The third kappa shape index (κ3) is 8.77. The zero-order valence-electron chi connectivity index (χ0n) is 22.6. The lowest BCUT2D eigenvalue weighted by molar-refractivity contribution is -0.137. The summed E-state index contributed by atoms with van der Waals surface area (Å²) in [4.78, 5) is 24.6. The fourth-order valence-electron chi connectivity index (χ4n) is 4.59. The van der Waals surface area contributed by atoms with Crippen molar-refractivity contribution in [2.75, 3.05) is 0 Å². The molecular formula is C32H36N2O4. The van der Waals surface area contributed by atoms with E-state index in [9.17, 15) is 9.59 Å². The van der Waals surface area contributed by atoms with Crippen molar-refractivity contribution >= 4 is 11.9 Å². The van der Waals surface area contributed by atoms with E-state index in [0.717, 1.165) is 34.2 Å². The molecule has 0 radical (unpaired) electrons.